The first-order valence-electron chi connectivity index (χ1n) is 5.79. The summed E-state index contributed by atoms with van der Waals surface area (Å²) in [4.78, 5) is 3.95. The van der Waals surface area contributed by atoms with Gasteiger partial charge in [-0.1, -0.05) is 29.4 Å². The summed E-state index contributed by atoms with van der Waals surface area (Å²) in [5.41, 5.74) is 1.61. The Morgan fingerprint density at radius 2 is 2.00 bits per heavy atom. The molecule has 0 fully saturated rings. The number of fused-ring (bicyclic) bond motifs is 1. The monoisotopic (exact) mass is 250 g/mol. The summed E-state index contributed by atoms with van der Waals surface area (Å²) < 4.78 is 4.68. The third-order valence-electron chi connectivity index (χ3n) is 2.89. The topological polar surface area (TPSA) is 74.7 Å². The number of nitrogens with zero attached hydrogens (tertiary/aromatic N) is 3. The second-order valence-electron chi connectivity index (χ2n) is 4.02. The molecule has 0 atom stereocenters. The SMILES string of the molecule is N#Cc1ccc(NCc2ncon2)c2ccccc12. The minimum Gasteiger partial charge on any atom is -0.377 e. The highest BCUT2D eigenvalue weighted by Crippen LogP contribution is 2.26. The van der Waals surface area contributed by atoms with Crippen molar-refractivity contribution >= 4 is 16.5 Å². The second-order valence-corrected chi connectivity index (χ2v) is 4.02. The first-order chi connectivity index (χ1) is 9.38. The van der Waals surface area contributed by atoms with Gasteiger partial charge in [-0.15, -0.1) is 0 Å². The molecule has 0 unspecified atom stereocenters. The van der Waals surface area contributed by atoms with Crippen LogP contribution in [0.3, 0.4) is 0 Å². The summed E-state index contributed by atoms with van der Waals surface area (Å²) in [5, 5.41) is 18.0. The van der Waals surface area contributed by atoms with Crippen LogP contribution in [0, 0.1) is 11.3 Å². The predicted molar refractivity (Wildman–Crippen MR) is 70.3 cm³/mol. The van der Waals surface area contributed by atoms with Gasteiger partial charge in [0, 0.05) is 16.5 Å². The second kappa shape index (κ2) is 4.78. The average Bonchev–Trinajstić information content (AvgIpc) is 2.98. The molecular weight excluding hydrogens is 240 g/mol. The van der Waals surface area contributed by atoms with Crippen LogP contribution in [0.5, 0.6) is 0 Å². The molecule has 0 aliphatic heterocycles. The lowest BCUT2D eigenvalue weighted by atomic mass is 10.0. The smallest absolute Gasteiger partial charge is 0.213 e. The first-order valence-corrected chi connectivity index (χ1v) is 5.79. The molecule has 19 heavy (non-hydrogen) atoms. The summed E-state index contributed by atoms with van der Waals surface area (Å²) in [6, 6.07) is 13.7. The number of hydrogen-bond acceptors (Lipinski definition) is 5. The Bertz CT molecular complexity index is 744. The fourth-order valence-electron chi connectivity index (χ4n) is 2.00. The molecule has 0 saturated heterocycles. The third kappa shape index (κ3) is 2.11. The Morgan fingerprint density at radius 1 is 1.16 bits per heavy atom. The molecule has 0 amide bonds. The number of aromatic nitrogens is 2. The number of nitrogens with one attached hydrogen (secondary N) is 1. The van der Waals surface area contributed by atoms with E-state index < -0.39 is 0 Å². The van der Waals surface area contributed by atoms with Crippen molar-refractivity contribution in [2.45, 2.75) is 6.54 Å². The van der Waals surface area contributed by atoms with E-state index in [1.165, 1.54) is 6.39 Å². The molecule has 0 aliphatic rings. The summed E-state index contributed by atoms with van der Waals surface area (Å²) in [6.45, 7) is 0.479. The maximum atomic E-state index is 9.10. The molecule has 1 N–H and O–H groups in total. The highest BCUT2D eigenvalue weighted by molar-refractivity contribution is 5.97. The van der Waals surface area contributed by atoms with Gasteiger partial charge in [-0.3, -0.25) is 0 Å². The van der Waals surface area contributed by atoms with Crippen molar-refractivity contribution < 1.29 is 4.52 Å². The number of hydrogen-bond donors (Lipinski definition) is 1. The Morgan fingerprint density at radius 3 is 2.74 bits per heavy atom. The van der Waals surface area contributed by atoms with Crippen LogP contribution in [-0.4, -0.2) is 10.1 Å². The van der Waals surface area contributed by atoms with Gasteiger partial charge in [0.2, 0.25) is 6.39 Å². The predicted octanol–water partition coefficient (Wildman–Crippen LogP) is 2.71. The van der Waals surface area contributed by atoms with Gasteiger partial charge < -0.3 is 9.84 Å². The van der Waals surface area contributed by atoms with E-state index in [0.29, 0.717) is 17.9 Å². The lowest BCUT2D eigenvalue weighted by Gasteiger charge is -2.09. The number of benzene rings is 2. The van der Waals surface area contributed by atoms with Crippen molar-refractivity contribution in [2.24, 2.45) is 0 Å². The zero-order chi connectivity index (χ0) is 13.1. The normalized spacial score (nSPS) is 10.3. The number of nitriles is 1. The molecule has 0 spiro atoms. The van der Waals surface area contributed by atoms with Crippen LogP contribution in [0.15, 0.2) is 47.3 Å². The van der Waals surface area contributed by atoms with Crippen LogP contribution < -0.4 is 5.32 Å². The van der Waals surface area contributed by atoms with Crippen LogP contribution in [0.4, 0.5) is 5.69 Å². The maximum absolute atomic E-state index is 9.10. The zero-order valence-corrected chi connectivity index (χ0v) is 10.00. The molecule has 1 heterocycles. The van der Waals surface area contributed by atoms with Gasteiger partial charge in [0.15, 0.2) is 5.82 Å². The molecule has 0 radical (unpaired) electrons. The molecule has 2 aromatic carbocycles. The van der Waals surface area contributed by atoms with Gasteiger partial charge in [0.1, 0.15) is 0 Å². The van der Waals surface area contributed by atoms with E-state index in [0.717, 1.165) is 16.5 Å². The Hall–Kier alpha value is -2.87. The molecule has 92 valence electrons. The van der Waals surface area contributed by atoms with Gasteiger partial charge in [-0.2, -0.15) is 10.2 Å². The van der Waals surface area contributed by atoms with Crippen molar-refractivity contribution in [1.82, 2.24) is 10.1 Å². The number of anilines is 1. The van der Waals surface area contributed by atoms with Crippen LogP contribution in [0.25, 0.3) is 10.8 Å². The summed E-state index contributed by atoms with van der Waals surface area (Å²) in [7, 11) is 0. The fourth-order valence-corrected chi connectivity index (χ4v) is 2.00. The maximum Gasteiger partial charge on any atom is 0.213 e. The van der Waals surface area contributed by atoms with E-state index >= 15 is 0 Å². The molecule has 0 aliphatic carbocycles. The number of rotatable bonds is 3. The summed E-state index contributed by atoms with van der Waals surface area (Å²) in [5.74, 6) is 0.591. The minimum absolute atomic E-state index is 0.479. The van der Waals surface area contributed by atoms with Crippen molar-refractivity contribution in [1.29, 1.82) is 5.26 Å². The Balaban J connectivity index is 1.98. The molecule has 3 rings (SSSR count). The van der Waals surface area contributed by atoms with E-state index in [4.69, 9.17) is 5.26 Å². The van der Waals surface area contributed by atoms with E-state index in [1.54, 1.807) is 6.07 Å². The molecular formula is C14H10N4O. The van der Waals surface area contributed by atoms with Crippen LogP contribution >= 0.6 is 0 Å². The van der Waals surface area contributed by atoms with Gasteiger partial charge in [-0.05, 0) is 12.1 Å². The highest BCUT2D eigenvalue weighted by Gasteiger charge is 2.06. The Kier molecular flexibility index (Phi) is 2.83. The van der Waals surface area contributed by atoms with Crippen LogP contribution in [-0.2, 0) is 6.54 Å². The fraction of sp³-hybridized carbons (Fsp3) is 0.0714. The van der Waals surface area contributed by atoms with E-state index in [1.807, 2.05) is 30.3 Å². The van der Waals surface area contributed by atoms with E-state index in [-0.39, 0.29) is 0 Å². The molecule has 5 nitrogen and oxygen atoms in total. The van der Waals surface area contributed by atoms with Gasteiger partial charge in [-0.25, -0.2) is 0 Å². The van der Waals surface area contributed by atoms with E-state index in [2.05, 4.69) is 26.0 Å². The summed E-state index contributed by atoms with van der Waals surface area (Å²) >= 11 is 0. The standard InChI is InChI=1S/C14H10N4O/c15-7-10-5-6-13(12-4-2-1-3-11(10)12)16-8-14-17-9-19-18-14/h1-6,9,16H,8H2. The van der Waals surface area contributed by atoms with Crippen LogP contribution in [0.1, 0.15) is 11.4 Å². The third-order valence-corrected chi connectivity index (χ3v) is 2.89. The van der Waals surface area contributed by atoms with Crippen molar-refractivity contribution in [3.63, 3.8) is 0 Å². The van der Waals surface area contributed by atoms with Gasteiger partial charge in [0.05, 0.1) is 18.2 Å². The molecule has 3 aromatic rings. The largest absolute Gasteiger partial charge is 0.377 e. The van der Waals surface area contributed by atoms with Crippen molar-refractivity contribution in [3.05, 3.63) is 54.2 Å². The van der Waals surface area contributed by atoms with Gasteiger partial charge in [0.25, 0.3) is 0 Å². The minimum atomic E-state index is 0.479. The zero-order valence-electron chi connectivity index (χ0n) is 10.00. The lowest BCUT2D eigenvalue weighted by Crippen LogP contribution is -2.01. The van der Waals surface area contributed by atoms with E-state index in [9.17, 15) is 0 Å². The quantitative estimate of drug-likeness (QED) is 0.773. The Labute approximate surface area is 109 Å². The van der Waals surface area contributed by atoms with Crippen LogP contribution in [0.2, 0.25) is 0 Å². The molecule has 0 bridgehead atoms. The molecule has 0 saturated carbocycles. The molecule has 1 aromatic heterocycles. The lowest BCUT2D eigenvalue weighted by molar-refractivity contribution is 0.411. The first kappa shape index (κ1) is 11.2. The van der Waals surface area contributed by atoms with Gasteiger partial charge >= 0.3 is 0 Å². The summed E-state index contributed by atoms with van der Waals surface area (Å²) in [6.07, 6.45) is 1.30. The average molecular weight is 250 g/mol. The highest BCUT2D eigenvalue weighted by atomic mass is 16.5. The van der Waals surface area contributed by atoms with Crippen molar-refractivity contribution in [3.8, 4) is 6.07 Å². The molecule has 5 heteroatoms. The van der Waals surface area contributed by atoms with Crippen molar-refractivity contribution in [2.75, 3.05) is 5.32 Å².